The van der Waals surface area contributed by atoms with Gasteiger partial charge in [-0.25, -0.2) is 0 Å². The summed E-state index contributed by atoms with van der Waals surface area (Å²) < 4.78 is 4.73. The summed E-state index contributed by atoms with van der Waals surface area (Å²) >= 11 is 0. The maximum atomic E-state index is 11.7. The van der Waals surface area contributed by atoms with E-state index in [-0.39, 0.29) is 17.9 Å². The molecule has 1 aromatic carbocycles. The summed E-state index contributed by atoms with van der Waals surface area (Å²) in [5, 5.41) is 0. The van der Waals surface area contributed by atoms with Crippen molar-refractivity contribution in [2.24, 2.45) is 11.3 Å². The van der Waals surface area contributed by atoms with Crippen LogP contribution in [0, 0.1) is 11.3 Å². The molecule has 0 saturated carbocycles. The average molecular weight is 245 g/mol. The van der Waals surface area contributed by atoms with Gasteiger partial charge in [-0.3, -0.25) is 14.5 Å². The Morgan fingerprint density at radius 2 is 2.06 bits per heavy atom. The Labute approximate surface area is 106 Å². The predicted octanol–water partition coefficient (Wildman–Crippen LogP) is 1.21. The van der Waals surface area contributed by atoms with Gasteiger partial charge in [0, 0.05) is 19.6 Å². The maximum Gasteiger partial charge on any atom is 0.321 e. The van der Waals surface area contributed by atoms with Gasteiger partial charge in [0.15, 0.2) is 0 Å². The molecule has 18 heavy (non-hydrogen) atoms. The molecule has 1 aromatic rings. The highest BCUT2D eigenvalue weighted by atomic mass is 16.6. The van der Waals surface area contributed by atoms with E-state index in [0.29, 0.717) is 13.1 Å². The second-order valence-electron chi connectivity index (χ2n) is 5.33. The van der Waals surface area contributed by atoms with Crippen molar-refractivity contribution in [2.75, 3.05) is 13.1 Å². The molecule has 0 bridgehead atoms. The Kier molecular flexibility index (Phi) is 2.48. The summed E-state index contributed by atoms with van der Waals surface area (Å²) in [5.74, 6) is -1.03. The maximum absolute atomic E-state index is 11.7. The van der Waals surface area contributed by atoms with E-state index in [2.05, 4.69) is 17.0 Å². The van der Waals surface area contributed by atoms with Gasteiger partial charge in [0.25, 0.3) is 0 Å². The zero-order valence-electron chi connectivity index (χ0n) is 10.3. The van der Waals surface area contributed by atoms with Crippen molar-refractivity contribution in [3.63, 3.8) is 0 Å². The summed E-state index contributed by atoms with van der Waals surface area (Å²) in [6, 6.07) is 10.1. The number of nitrogens with zero attached hydrogens (tertiary/aromatic N) is 1. The van der Waals surface area contributed by atoms with Gasteiger partial charge in [-0.05, 0) is 12.5 Å². The van der Waals surface area contributed by atoms with E-state index in [4.69, 9.17) is 4.74 Å². The van der Waals surface area contributed by atoms with E-state index in [9.17, 15) is 9.59 Å². The van der Waals surface area contributed by atoms with E-state index in [0.717, 1.165) is 6.54 Å². The fourth-order valence-corrected chi connectivity index (χ4v) is 2.88. The van der Waals surface area contributed by atoms with Crippen LogP contribution in [0.3, 0.4) is 0 Å². The van der Waals surface area contributed by atoms with Crippen molar-refractivity contribution in [1.29, 1.82) is 0 Å². The zero-order valence-corrected chi connectivity index (χ0v) is 10.3. The van der Waals surface area contributed by atoms with Crippen molar-refractivity contribution >= 4 is 11.9 Å². The van der Waals surface area contributed by atoms with Gasteiger partial charge in [-0.2, -0.15) is 0 Å². The first-order valence-corrected chi connectivity index (χ1v) is 6.12. The van der Waals surface area contributed by atoms with Crippen LogP contribution in [-0.4, -0.2) is 29.9 Å². The number of ether oxygens (including phenoxy) is 1. The molecule has 0 spiro atoms. The lowest BCUT2D eigenvalue weighted by molar-refractivity contribution is -0.156. The van der Waals surface area contributed by atoms with Crippen LogP contribution in [0.15, 0.2) is 30.3 Å². The largest absolute Gasteiger partial charge is 0.392 e. The molecule has 0 unspecified atom stereocenters. The van der Waals surface area contributed by atoms with Crippen LogP contribution in [0.1, 0.15) is 12.5 Å². The number of rotatable bonds is 2. The fourth-order valence-electron chi connectivity index (χ4n) is 2.88. The number of likely N-dealkylation sites (tertiary alicyclic amines) is 1. The van der Waals surface area contributed by atoms with Crippen molar-refractivity contribution in [3.8, 4) is 0 Å². The van der Waals surface area contributed by atoms with Gasteiger partial charge >= 0.3 is 11.9 Å². The third-order valence-corrected chi connectivity index (χ3v) is 3.96. The van der Waals surface area contributed by atoms with E-state index >= 15 is 0 Å². The Morgan fingerprint density at radius 3 is 2.72 bits per heavy atom. The Bertz CT molecular complexity index is 499. The van der Waals surface area contributed by atoms with Crippen molar-refractivity contribution in [1.82, 2.24) is 4.90 Å². The summed E-state index contributed by atoms with van der Waals surface area (Å²) in [4.78, 5) is 25.5. The van der Waals surface area contributed by atoms with Crippen molar-refractivity contribution in [2.45, 2.75) is 13.5 Å². The number of carbonyl (C=O) groups is 2. The standard InChI is InChI=1S/C14H15NO3/c1-14-9-15(7-10-5-3-2-4-6-10)8-11(14)12(16)18-13(14)17/h2-6,11H,7-9H2,1H3/t11-,14+/m1/s1. The Morgan fingerprint density at radius 1 is 1.33 bits per heavy atom. The number of fused-ring (bicyclic) bond motifs is 1. The molecule has 94 valence electrons. The molecule has 0 aromatic heterocycles. The molecule has 2 atom stereocenters. The minimum Gasteiger partial charge on any atom is -0.392 e. The van der Waals surface area contributed by atoms with E-state index < -0.39 is 5.41 Å². The van der Waals surface area contributed by atoms with Crippen molar-refractivity contribution in [3.05, 3.63) is 35.9 Å². The SMILES string of the molecule is C[C@]12CN(Cc3ccccc3)C[C@@H]1C(=O)OC2=O. The minimum absolute atomic E-state index is 0.297. The van der Waals surface area contributed by atoms with E-state index in [1.807, 2.05) is 25.1 Å². The van der Waals surface area contributed by atoms with Crippen LogP contribution in [0.2, 0.25) is 0 Å². The van der Waals surface area contributed by atoms with Gasteiger partial charge < -0.3 is 4.74 Å². The number of cyclic esters (lactones) is 2. The van der Waals surface area contributed by atoms with Crippen LogP contribution in [0.25, 0.3) is 0 Å². The van der Waals surface area contributed by atoms with Gasteiger partial charge in [0.2, 0.25) is 0 Å². The number of esters is 2. The first kappa shape index (κ1) is 11.4. The summed E-state index contributed by atoms with van der Waals surface area (Å²) in [5.41, 5.74) is 0.549. The topological polar surface area (TPSA) is 46.6 Å². The highest BCUT2D eigenvalue weighted by Gasteiger charge is 2.59. The van der Waals surface area contributed by atoms with Crippen LogP contribution < -0.4 is 0 Å². The smallest absolute Gasteiger partial charge is 0.321 e. The van der Waals surface area contributed by atoms with Crippen molar-refractivity contribution < 1.29 is 14.3 Å². The lowest BCUT2D eigenvalue weighted by Gasteiger charge is -2.19. The highest BCUT2D eigenvalue weighted by Crippen LogP contribution is 2.42. The normalized spacial score (nSPS) is 31.5. The lowest BCUT2D eigenvalue weighted by atomic mass is 9.82. The van der Waals surface area contributed by atoms with Gasteiger partial charge in [-0.1, -0.05) is 30.3 Å². The second kappa shape index (κ2) is 3.92. The number of benzene rings is 1. The van der Waals surface area contributed by atoms with Gasteiger partial charge in [-0.15, -0.1) is 0 Å². The molecule has 3 rings (SSSR count). The number of hydrogen-bond donors (Lipinski definition) is 0. The van der Waals surface area contributed by atoms with Gasteiger partial charge in [0.1, 0.15) is 0 Å². The van der Waals surface area contributed by atoms with Crippen LogP contribution in [0.4, 0.5) is 0 Å². The molecule has 0 N–H and O–H groups in total. The van der Waals surface area contributed by atoms with E-state index in [1.165, 1.54) is 5.56 Å². The predicted molar refractivity (Wildman–Crippen MR) is 64.4 cm³/mol. The molecule has 2 aliphatic rings. The molecule has 0 radical (unpaired) electrons. The van der Waals surface area contributed by atoms with Crippen LogP contribution in [-0.2, 0) is 20.9 Å². The summed E-state index contributed by atoms with van der Waals surface area (Å²) in [7, 11) is 0. The summed E-state index contributed by atoms with van der Waals surface area (Å²) in [6.45, 7) is 3.80. The molecular weight excluding hydrogens is 230 g/mol. The molecule has 2 saturated heterocycles. The Hall–Kier alpha value is -1.68. The second-order valence-corrected chi connectivity index (χ2v) is 5.33. The fraction of sp³-hybridized carbons (Fsp3) is 0.429. The third-order valence-electron chi connectivity index (χ3n) is 3.96. The average Bonchev–Trinajstić information content (AvgIpc) is 2.77. The number of carbonyl (C=O) groups excluding carboxylic acids is 2. The third kappa shape index (κ3) is 1.64. The Balaban J connectivity index is 1.76. The highest BCUT2D eigenvalue weighted by molar-refractivity contribution is 5.99. The first-order chi connectivity index (χ1) is 8.59. The molecular formula is C14H15NO3. The lowest BCUT2D eigenvalue weighted by Crippen LogP contribution is -2.31. The molecule has 2 aliphatic heterocycles. The molecule has 0 amide bonds. The summed E-state index contributed by atoms with van der Waals surface area (Å²) in [6.07, 6.45) is 0. The number of hydrogen-bond acceptors (Lipinski definition) is 4. The molecule has 2 heterocycles. The van der Waals surface area contributed by atoms with Crippen LogP contribution in [0.5, 0.6) is 0 Å². The minimum atomic E-state index is -0.647. The quantitative estimate of drug-likeness (QED) is 0.580. The monoisotopic (exact) mass is 245 g/mol. The molecule has 2 fully saturated rings. The van der Waals surface area contributed by atoms with Gasteiger partial charge in [0.05, 0.1) is 11.3 Å². The van der Waals surface area contributed by atoms with E-state index in [1.54, 1.807) is 0 Å². The van der Waals surface area contributed by atoms with Crippen LogP contribution >= 0.6 is 0 Å². The molecule has 4 heteroatoms. The molecule has 4 nitrogen and oxygen atoms in total. The molecule has 0 aliphatic carbocycles. The zero-order chi connectivity index (χ0) is 12.8. The first-order valence-electron chi connectivity index (χ1n) is 6.12.